The van der Waals surface area contributed by atoms with Gasteiger partial charge in [-0.1, -0.05) is 18.2 Å². The predicted molar refractivity (Wildman–Crippen MR) is 74.0 cm³/mol. The van der Waals surface area contributed by atoms with Crippen molar-refractivity contribution in [1.29, 1.82) is 0 Å². The number of ether oxygens (including phenoxy) is 1. The first kappa shape index (κ1) is 12.2. The summed E-state index contributed by atoms with van der Waals surface area (Å²) in [5.74, 6) is 1.36. The first-order chi connectivity index (χ1) is 9.22. The number of nitrogens with zero attached hydrogens (tertiary/aromatic N) is 2. The van der Waals surface area contributed by atoms with Crippen LogP contribution < -0.4 is 10.5 Å². The number of hydrogen-bond acceptors (Lipinski definition) is 3. The van der Waals surface area contributed by atoms with Gasteiger partial charge in [0.1, 0.15) is 5.75 Å². The summed E-state index contributed by atoms with van der Waals surface area (Å²) in [5.41, 5.74) is 8.63. The predicted octanol–water partition coefficient (Wildman–Crippen LogP) is 1.54. The molecule has 0 amide bonds. The van der Waals surface area contributed by atoms with Gasteiger partial charge in [-0.3, -0.25) is 4.68 Å². The first-order valence-corrected chi connectivity index (χ1v) is 6.67. The van der Waals surface area contributed by atoms with E-state index in [9.17, 15) is 0 Å². The van der Waals surface area contributed by atoms with Crippen molar-refractivity contribution in [2.75, 3.05) is 6.61 Å². The number of nitrogens with two attached hydrogens (primary N) is 1. The summed E-state index contributed by atoms with van der Waals surface area (Å²) < 4.78 is 7.61. The molecule has 0 saturated carbocycles. The molecule has 1 aliphatic rings. The molecule has 0 bridgehead atoms. The van der Waals surface area contributed by atoms with E-state index in [1.807, 2.05) is 36.1 Å². The second-order valence-electron chi connectivity index (χ2n) is 5.23. The molecule has 1 aliphatic heterocycles. The smallest absolute Gasteiger partial charge is 0.122 e. The fourth-order valence-electron chi connectivity index (χ4n) is 2.61. The molecular weight excluding hydrogens is 238 g/mol. The fraction of sp³-hybridized carbons (Fsp3) is 0.400. The van der Waals surface area contributed by atoms with Crippen molar-refractivity contribution in [1.82, 2.24) is 9.78 Å². The number of aromatic nitrogens is 2. The third-order valence-corrected chi connectivity index (χ3v) is 3.73. The summed E-state index contributed by atoms with van der Waals surface area (Å²) in [4.78, 5) is 0. The fourth-order valence-corrected chi connectivity index (χ4v) is 2.61. The van der Waals surface area contributed by atoms with Crippen LogP contribution in [0.15, 0.2) is 36.5 Å². The molecule has 1 aromatic heterocycles. The highest BCUT2D eigenvalue weighted by molar-refractivity contribution is 5.35. The topological polar surface area (TPSA) is 53.1 Å². The Balaban J connectivity index is 1.67. The summed E-state index contributed by atoms with van der Waals surface area (Å²) in [6, 6.07) is 10.3. The van der Waals surface area contributed by atoms with Gasteiger partial charge in [-0.05, 0) is 24.1 Å². The Morgan fingerprint density at radius 3 is 3.05 bits per heavy atom. The second kappa shape index (κ2) is 5.05. The van der Waals surface area contributed by atoms with Crippen molar-refractivity contribution < 1.29 is 4.74 Å². The molecular formula is C15H19N3O. The molecule has 2 N–H and O–H groups in total. The van der Waals surface area contributed by atoms with Gasteiger partial charge in [-0.15, -0.1) is 0 Å². The van der Waals surface area contributed by atoms with Gasteiger partial charge in [0.2, 0.25) is 0 Å². The molecule has 2 atom stereocenters. The van der Waals surface area contributed by atoms with Crippen molar-refractivity contribution in [2.24, 2.45) is 18.7 Å². The minimum atomic E-state index is 0.0863. The maximum absolute atomic E-state index is 6.32. The highest BCUT2D eigenvalue weighted by Gasteiger charge is 2.25. The van der Waals surface area contributed by atoms with Gasteiger partial charge in [0.25, 0.3) is 0 Å². The second-order valence-corrected chi connectivity index (χ2v) is 5.23. The number of hydrogen-bond donors (Lipinski definition) is 1. The molecule has 4 nitrogen and oxygen atoms in total. The van der Waals surface area contributed by atoms with E-state index in [0.717, 1.165) is 24.3 Å². The normalized spacial score (nSPS) is 19.6. The monoisotopic (exact) mass is 257 g/mol. The van der Waals surface area contributed by atoms with E-state index in [1.165, 1.54) is 5.56 Å². The third kappa shape index (κ3) is 2.63. The molecule has 2 heterocycles. The Labute approximate surface area is 113 Å². The van der Waals surface area contributed by atoms with Gasteiger partial charge in [-0.25, -0.2) is 0 Å². The van der Waals surface area contributed by atoms with Crippen LogP contribution in [0.2, 0.25) is 0 Å². The van der Waals surface area contributed by atoms with Gasteiger partial charge >= 0.3 is 0 Å². The van der Waals surface area contributed by atoms with E-state index < -0.39 is 0 Å². The van der Waals surface area contributed by atoms with Crippen LogP contribution in [0.25, 0.3) is 0 Å². The number of benzene rings is 1. The molecule has 2 unspecified atom stereocenters. The third-order valence-electron chi connectivity index (χ3n) is 3.73. The average Bonchev–Trinajstić information content (AvgIpc) is 2.83. The van der Waals surface area contributed by atoms with E-state index >= 15 is 0 Å². The lowest BCUT2D eigenvalue weighted by Crippen LogP contribution is -2.39. The Morgan fingerprint density at radius 2 is 2.26 bits per heavy atom. The van der Waals surface area contributed by atoms with Crippen molar-refractivity contribution in [3.63, 3.8) is 0 Å². The van der Waals surface area contributed by atoms with Gasteiger partial charge in [-0.2, -0.15) is 5.10 Å². The highest BCUT2D eigenvalue weighted by Crippen LogP contribution is 2.28. The molecule has 0 radical (unpaired) electrons. The maximum Gasteiger partial charge on any atom is 0.122 e. The number of rotatable bonds is 3. The largest absolute Gasteiger partial charge is 0.493 e. The van der Waals surface area contributed by atoms with E-state index in [1.54, 1.807) is 0 Å². The molecule has 2 aromatic rings. The van der Waals surface area contributed by atoms with Crippen LogP contribution in [0.1, 0.15) is 11.3 Å². The van der Waals surface area contributed by atoms with Crippen molar-refractivity contribution in [3.8, 4) is 5.75 Å². The Kier molecular flexibility index (Phi) is 3.25. The molecule has 4 heteroatoms. The van der Waals surface area contributed by atoms with Crippen molar-refractivity contribution in [3.05, 3.63) is 47.8 Å². The summed E-state index contributed by atoms with van der Waals surface area (Å²) >= 11 is 0. The minimum Gasteiger partial charge on any atom is -0.493 e. The van der Waals surface area contributed by atoms with Crippen LogP contribution in [0, 0.1) is 5.92 Å². The lowest BCUT2D eigenvalue weighted by molar-refractivity contribution is 0.198. The van der Waals surface area contributed by atoms with Gasteiger partial charge in [0.05, 0.1) is 12.3 Å². The number of para-hydroxylation sites is 1. The molecule has 3 rings (SSSR count). The summed E-state index contributed by atoms with van der Waals surface area (Å²) in [7, 11) is 1.93. The Hall–Kier alpha value is -1.81. The van der Waals surface area contributed by atoms with E-state index in [0.29, 0.717) is 12.5 Å². The van der Waals surface area contributed by atoms with Crippen LogP contribution in [0.4, 0.5) is 0 Å². The van der Waals surface area contributed by atoms with Gasteiger partial charge in [0.15, 0.2) is 0 Å². The molecule has 0 saturated heterocycles. The maximum atomic E-state index is 6.32. The zero-order valence-electron chi connectivity index (χ0n) is 11.1. The van der Waals surface area contributed by atoms with E-state index in [2.05, 4.69) is 17.2 Å². The quantitative estimate of drug-likeness (QED) is 0.907. The number of fused-ring (bicyclic) bond motifs is 1. The Morgan fingerprint density at radius 1 is 1.42 bits per heavy atom. The highest BCUT2D eigenvalue weighted by atomic mass is 16.5. The summed E-state index contributed by atoms with van der Waals surface area (Å²) in [5, 5.41) is 4.39. The van der Waals surface area contributed by atoms with Crippen LogP contribution in [0.3, 0.4) is 0 Å². The van der Waals surface area contributed by atoms with Crippen molar-refractivity contribution in [2.45, 2.75) is 18.9 Å². The van der Waals surface area contributed by atoms with E-state index in [-0.39, 0.29) is 6.04 Å². The molecule has 0 aliphatic carbocycles. The molecule has 1 aromatic carbocycles. The van der Waals surface area contributed by atoms with Crippen molar-refractivity contribution >= 4 is 0 Å². The molecule has 0 spiro atoms. The molecule has 19 heavy (non-hydrogen) atoms. The average molecular weight is 257 g/mol. The van der Waals surface area contributed by atoms with Crippen LogP contribution in [-0.4, -0.2) is 22.4 Å². The lowest BCUT2D eigenvalue weighted by Gasteiger charge is -2.29. The van der Waals surface area contributed by atoms with Crippen LogP contribution >= 0.6 is 0 Å². The SMILES string of the molecule is Cn1ccc(CC(N)C2COc3ccccc3C2)n1. The minimum absolute atomic E-state index is 0.0863. The van der Waals surface area contributed by atoms with E-state index in [4.69, 9.17) is 10.5 Å². The molecule has 0 fully saturated rings. The van der Waals surface area contributed by atoms with Crippen LogP contribution in [0.5, 0.6) is 5.75 Å². The number of aryl methyl sites for hydroxylation is 1. The first-order valence-electron chi connectivity index (χ1n) is 6.67. The lowest BCUT2D eigenvalue weighted by atomic mass is 9.88. The Bertz CT molecular complexity index is 564. The zero-order chi connectivity index (χ0) is 13.2. The zero-order valence-corrected chi connectivity index (χ0v) is 11.1. The standard InChI is InChI=1S/C15H19N3O/c1-18-7-6-13(17-18)9-14(16)12-8-11-4-2-3-5-15(11)19-10-12/h2-7,12,14H,8-10,16H2,1H3. The summed E-state index contributed by atoms with van der Waals surface area (Å²) in [6.07, 6.45) is 3.75. The van der Waals surface area contributed by atoms with Crippen LogP contribution in [-0.2, 0) is 19.9 Å². The van der Waals surface area contributed by atoms with Gasteiger partial charge in [0, 0.05) is 31.6 Å². The molecule has 100 valence electrons. The summed E-state index contributed by atoms with van der Waals surface area (Å²) in [6.45, 7) is 0.699. The van der Waals surface area contributed by atoms with Gasteiger partial charge < -0.3 is 10.5 Å².